The van der Waals surface area contributed by atoms with Crippen molar-refractivity contribution < 1.29 is 0 Å². The summed E-state index contributed by atoms with van der Waals surface area (Å²) < 4.78 is 1.76. The number of benzene rings is 1. The van der Waals surface area contributed by atoms with Crippen LogP contribution < -0.4 is 11.3 Å². The third kappa shape index (κ3) is 1.50. The van der Waals surface area contributed by atoms with Gasteiger partial charge in [-0.2, -0.15) is 0 Å². The highest BCUT2D eigenvalue weighted by atomic mass is 16.1. The predicted octanol–water partition coefficient (Wildman–Crippen LogP) is 2.16. The molecule has 0 saturated carbocycles. The number of nitrogens with zero attached hydrogens (tertiary/aromatic N) is 1. The molecule has 0 radical (unpaired) electrons. The molecular formula is C12H14N2O. The number of rotatable bonds is 1. The summed E-state index contributed by atoms with van der Waals surface area (Å²) in [6.45, 7) is 3.98. The molecule has 0 aliphatic heterocycles. The van der Waals surface area contributed by atoms with Crippen LogP contribution in [0.15, 0.2) is 35.1 Å². The molecule has 3 nitrogen and oxygen atoms in total. The Balaban J connectivity index is 2.96. The van der Waals surface area contributed by atoms with E-state index < -0.39 is 0 Å². The van der Waals surface area contributed by atoms with Gasteiger partial charge in [0, 0.05) is 23.2 Å². The van der Waals surface area contributed by atoms with Gasteiger partial charge in [0.05, 0.1) is 5.52 Å². The second-order valence-corrected chi connectivity index (χ2v) is 3.92. The molecule has 0 bridgehead atoms. The van der Waals surface area contributed by atoms with E-state index in [-0.39, 0.29) is 11.6 Å². The summed E-state index contributed by atoms with van der Waals surface area (Å²) >= 11 is 0. The summed E-state index contributed by atoms with van der Waals surface area (Å²) in [6.07, 6.45) is 0. The number of fused-ring (bicyclic) bond motifs is 1. The molecule has 0 amide bonds. The number of anilines is 1. The van der Waals surface area contributed by atoms with Gasteiger partial charge in [-0.25, -0.2) is 0 Å². The Kier molecular flexibility index (Phi) is 2.23. The van der Waals surface area contributed by atoms with Gasteiger partial charge in [0.2, 0.25) is 0 Å². The zero-order valence-corrected chi connectivity index (χ0v) is 8.90. The molecule has 2 rings (SSSR count). The van der Waals surface area contributed by atoms with Crippen molar-refractivity contribution >= 4 is 16.6 Å². The standard InChI is InChI=1S/C12H14N2O/c1-8(2)14-11-6-4-3-5-9(11)10(13)7-12(14)15/h3-8H,13H2,1-2H3. The Labute approximate surface area is 88.1 Å². The SMILES string of the molecule is CC(C)n1c(=O)cc(N)c2ccccc21. The number of aromatic nitrogens is 1. The predicted molar refractivity (Wildman–Crippen MR) is 63.0 cm³/mol. The van der Waals surface area contributed by atoms with Crippen LogP contribution >= 0.6 is 0 Å². The van der Waals surface area contributed by atoms with Crippen LogP contribution in [0.4, 0.5) is 5.69 Å². The van der Waals surface area contributed by atoms with Gasteiger partial charge in [0.25, 0.3) is 5.56 Å². The highest BCUT2D eigenvalue weighted by molar-refractivity contribution is 5.90. The number of hydrogen-bond donors (Lipinski definition) is 1. The van der Waals surface area contributed by atoms with E-state index in [1.165, 1.54) is 6.07 Å². The molecule has 0 aliphatic rings. The first-order chi connectivity index (χ1) is 7.11. The second kappa shape index (κ2) is 3.42. The molecule has 3 heteroatoms. The Hall–Kier alpha value is -1.77. The first-order valence-corrected chi connectivity index (χ1v) is 5.01. The fourth-order valence-electron chi connectivity index (χ4n) is 1.86. The van der Waals surface area contributed by atoms with E-state index in [4.69, 9.17) is 5.73 Å². The normalized spacial score (nSPS) is 11.1. The lowest BCUT2D eigenvalue weighted by atomic mass is 10.1. The zero-order valence-electron chi connectivity index (χ0n) is 8.90. The van der Waals surface area contributed by atoms with E-state index >= 15 is 0 Å². The van der Waals surface area contributed by atoms with Crippen molar-refractivity contribution in [3.63, 3.8) is 0 Å². The molecule has 1 aromatic heterocycles. The van der Waals surface area contributed by atoms with Crippen molar-refractivity contribution in [1.82, 2.24) is 4.57 Å². The van der Waals surface area contributed by atoms with Gasteiger partial charge >= 0.3 is 0 Å². The van der Waals surface area contributed by atoms with E-state index in [2.05, 4.69) is 0 Å². The highest BCUT2D eigenvalue weighted by Gasteiger charge is 2.08. The largest absolute Gasteiger partial charge is 0.398 e. The number of hydrogen-bond acceptors (Lipinski definition) is 2. The lowest BCUT2D eigenvalue weighted by Gasteiger charge is -2.14. The highest BCUT2D eigenvalue weighted by Crippen LogP contribution is 2.20. The van der Waals surface area contributed by atoms with Crippen LogP contribution in [0.25, 0.3) is 10.9 Å². The number of nitrogens with two attached hydrogens (primary N) is 1. The van der Waals surface area contributed by atoms with Crippen LogP contribution in [-0.2, 0) is 0 Å². The molecule has 2 aromatic rings. The van der Waals surface area contributed by atoms with Gasteiger partial charge in [-0.15, -0.1) is 0 Å². The summed E-state index contributed by atoms with van der Waals surface area (Å²) in [4.78, 5) is 11.8. The zero-order chi connectivity index (χ0) is 11.0. The summed E-state index contributed by atoms with van der Waals surface area (Å²) in [6, 6.07) is 9.33. The second-order valence-electron chi connectivity index (χ2n) is 3.92. The molecule has 0 aliphatic carbocycles. The van der Waals surface area contributed by atoms with Gasteiger partial charge in [0.15, 0.2) is 0 Å². The van der Waals surface area contributed by atoms with Crippen molar-refractivity contribution in [3.05, 3.63) is 40.7 Å². The molecule has 0 atom stereocenters. The van der Waals surface area contributed by atoms with E-state index in [0.717, 1.165) is 10.9 Å². The maximum absolute atomic E-state index is 11.8. The molecule has 15 heavy (non-hydrogen) atoms. The van der Waals surface area contributed by atoms with Crippen LogP contribution in [0.3, 0.4) is 0 Å². The monoisotopic (exact) mass is 202 g/mol. The van der Waals surface area contributed by atoms with Gasteiger partial charge < -0.3 is 10.3 Å². The molecular weight excluding hydrogens is 188 g/mol. The topological polar surface area (TPSA) is 48.0 Å². The minimum atomic E-state index is -0.0406. The van der Waals surface area contributed by atoms with Crippen LogP contribution in [0.5, 0.6) is 0 Å². The van der Waals surface area contributed by atoms with Gasteiger partial charge in [-0.3, -0.25) is 4.79 Å². The molecule has 78 valence electrons. The third-order valence-corrected chi connectivity index (χ3v) is 2.51. The minimum absolute atomic E-state index is 0.0406. The molecule has 0 unspecified atom stereocenters. The molecule has 1 aromatic carbocycles. The molecule has 0 fully saturated rings. The third-order valence-electron chi connectivity index (χ3n) is 2.51. The van der Waals surface area contributed by atoms with E-state index in [0.29, 0.717) is 5.69 Å². The quantitative estimate of drug-likeness (QED) is 0.770. The average Bonchev–Trinajstić information content (AvgIpc) is 2.17. The van der Waals surface area contributed by atoms with Crippen molar-refractivity contribution in [2.75, 3.05) is 5.73 Å². The maximum atomic E-state index is 11.8. The van der Waals surface area contributed by atoms with Crippen molar-refractivity contribution in [2.24, 2.45) is 0 Å². The maximum Gasteiger partial charge on any atom is 0.253 e. The number of pyridine rings is 1. The van der Waals surface area contributed by atoms with Crippen LogP contribution in [-0.4, -0.2) is 4.57 Å². The lowest BCUT2D eigenvalue weighted by Crippen LogP contribution is -2.22. The van der Waals surface area contributed by atoms with Crippen LogP contribution in [0.2, 0.25) is 0 Å². The fraction of sp³-hybridized carbons (Fsp3) is 0.250. The van der Waals surface area contributed by atoms with Gasteiger partial charge in [-0.05, 0) is 19.9 Å². The molecule has 1 heterocycles. The molecule has 2 N–H and O–H groups in total. The molecule has 0 saturated heterocycles. The van der Waals surface area contributed by atoms with Crippen LogP contribution in [0.1, 0.15) is 19.9 Å². The average molecular weight is 202 g/mol. The molecule has 0 spiro atoms. The van der Waals surface area contributed by atoms with E-state index in [1.807, 2.05) is 38.1 Å². The van der Waals surface area contributed by atoms with Crippen LogP contribution in [0, 0.1) is 0 Å². The summed E-state index contributed by atoms with van der Waals surface area (Å²) in [5.41, 5.74) is 7.22. The Bertz CT molecular complexity index is 555. The Morgan fingerprint density at radius 3 is 2.60 bits per heavy atom. The summed E-state index contributed by atoms with van der Waals surface area (Å²) in [5.74, 6) is 0. The lowest BCUT2D eigenvalue weighted by molar-refractivity contribution is 0.601. The van der Waals surface area contributed by atoms with Crippen molar-refractivity contribution in [2.45, 2.75) is 19.9 Å². The summed E-state index contributed by atoms with van der Waals surface area (Å²) in [5, 5.41) is 0.936. The fourth-order valence-corrected chi connectivity index (χ4v) is 1.86. The van der Waals surface area contributed by atoms with E-state index in [1.54, 1.807) is 4.57 Å². The van der Waals surface area contributed by atoms with Gasteiger partial charge in [0.1, 0.15) is 0 Å². The van der Waals surface area contributed by atoms with Gasteiger partial charge in [-0.1, -0.05) is 18.2 Å². The smallest absolute Gasteiger partial charge is 0.253 e. The summed E-state index contributed by atoms with van der Waals surface area (Å²) in [7, 11) is 0. The van der Waals surface area contributed by atoms with E-state index in [9.17, 15) is 4.79 Å². The van der Waals surface area contributed by atoms with Crippen molar-refractivity contribution in [1.29, 1.82) is 0 Å². The Morgan fingerprint density at radius 2 is 1.93 bits per heavy atom. The first-order valence-electron chi connectivity index (χ1n) is 5.01. The van der Waals surface area contributed by atoms with Crippen molar-refractivity contribution in [3.8, 4) is 0 Å². The first kappa shape index (κ1) is 9.77. The number of nitrogen functional groups attached to an aromatic ring is 1. The minimum Gasteiger partial charge on any atom is -0.398 e. The Morgan fingerprint density at radius 1 is 1.27 bits per heavy atom. The number of para-hydroxylation sites is 1.